The summed E-state index contributed by atoms with van der Waals surface area (Å²) in [6, 6.07) is 9.95. The first-order valence-corrected chi connectivity index (χ1v) is 4.65. The van der Waals surface area contributed by atoms with Gasteiger partial charge in [0.2, 0.25) is 6.41 Å². The van der Waals surface area contributed by atoms with E-state index in [0.29, 0.717) is 13.0 Å². The zero-order valence-electron chi connectivity index (χ0n) is 8.02. The van der Waals surface area contributed by atoms with E-state index in [2.05, 4.69) is 10.3 Å². The molecule has 0 aromatic heterocycles. The molecule has 0 radical (unpaired) electrons. The predicted molar refractivity (Wildman–Crippen MR) is 57.6 cm³/mol. The molecule has 0 unspecified atom stereocenters. The van der Waals surface area contributed by atoms with Crippen LogP contribution in [0.3, 0.4) is 0 Å². The number of nitrogens with zero attached hydrogens (tertiary/aromatic N) is 1. The molecule has 1 aromatic carbocycles. The van der Waals surface area contributed by atoms with Crippen LogP contribution in [0.15, 0.2) is 35.3 Å². The molecule has 0 aliphatic carbocycles. The van der Waals surface area contributed by atoms with E-state index in [1.807, 2.05) is 36.5 Å². The van der Waals surface area contributed by atoms with Crippen molar-refractivity contribution in [2.24, 2.45) is 4.99 Å². The largest absolute Gasteiger partial charge is 0.359 e. The van der Waals surface area contributed by atoms with Crippen LogP contribution in [-0.2, 0) is 4.79 Å². The lowest BCUT2D eigenvalue weighted by molar-refractivity contribution is -0.109. The summed E-state index contributed by atoms with van der Waals surface area (Å²) in [5, 5.41) is 2.59. The maximum atomic E-state index is 9.91. The Hall–Kier alpha value is -1.64. The molecule has 0 fully saturated rings. The van der Waals surface area contributed by atoms with Crippen LogP contribution in [0, 0.1) is 0 Å². The molecular formula is C11H14N2O. The van der Waals surface area contributed by atoms with Gasteiger partial charge in [-0.15, -0.1) is 0 Å². The van der Waals surface area contributed by atoms with Gasteiger partial charge in [0, 0.05) is 19.3 Å². The third-order valence-corrected chi connectivity index (χ3v) is 1.73. The minimum atomic E-state index is 0.690. The lowest BCUT2D eigenvalue weighted by Crippen LogP contribution is -2.12. The number of benzene rings is 1. The minimum Gasteiger partial charge on any atom is -0.359 e. The van der Waals surface area contributed by atoms with Gasteiger partial charge in [-0.1, -0.05) is 30.3 Å². The molecule has 3 nitrogen and oxygen atoms in total. The van der Waals surface area contributed by atoms with Gasteiger partial charge in [0.1, 0.15) is 0 Å². The Balaban J connectivity index is 2.18. The van der Waals surface area contributed by atoms with Gasteiger partial charge in [0.15, 0.2) is 0 Å². The van der Waals surface area contributed by atoms with E-state index in [1.165, 1.54) is 0 Å². The molecule has 1 aromatic rings. The first-order valence-electron chi connectivity index (χ1n) is 4.65. The van der Waals surface area contributed by atoms with E-state index in [0.717, 1.165) is 18.5 Å². The van der Waals surface area contributed by atoms with Crippen molar-refractivity contribution in [2.45, 2.75) is 6.42 Å². The van der Waals surface area contributed by atoms with Gasteiger partial charge in [-0.05, 0) is 12.0 Å². The van der Waals surface area contributed by atoms with Crippen LogP contribution in [0.4, 0.5) is 0 Å². The van der Waals surface area contributed by atoms with Crippen molar-refractivity contribution >= 4 is 12.6 Å². The molecule has 1 amide bonds. The van der Waals surface area contributed by atoms with Crippen LogP contribution in [0.5, 0.6) is 0 Å². The molecule has 0 saturated carbocycles. The predicted octanol–water partition coefficient (Wildman–Crippen LogP) is 1.24. The normalized spacial score (nSPS) is 10.3. The standard InChI is InChI=1S/C11H14N2O/c14-10-13-8-4-7-12-9-11-5-2-1-3-6-11/h1-3,5-6,9-10H,4,7-8H2,(H,13,14). The lowest BCUT2D eigenvalue weighted by Gasteiger charge is -1.94. The van der Waals surface area contributed by atoms with Gasteiger partial charge in [0.25, 0.3) is 0 Å². The first-order chi connectivity index (χ1) is 6.93. The van der Waals surface area contributed by atoms with E-state index in [-0.39, 0.29) is 0 Å². The number of amides is 1. The number of nitrogens with one attached hydrogen (secondary N) is 1. The van der Waals surface area contributed by atoms with E-state index < -0.39 is 0 Å². The maximum absolute atomic E-state index is 9.91. The Morgan fingerprint density at radius 3 is 2.79 bits per heavy atom. The summed E-state index contributed by atoms with van der Waals surface area (Å²) in [4.78, 5) is 14.1. The molecule has 14 heavy (non-hydrogen) atoms. The quantitative estimate of drug-likeness (QED) is 0.409. The average Bonchev–Trinajstić information content (AvgIpc) is 2.25. The van der Waals surface area contributed by atoms with Gasteiger partial charge < -0.3 is 5.32 Å². The van der Waals surface area contributed by atoms with Crippen molar-refractivity contribution in [3.05, 3.63) is 35.9 Å². The number of hydrogen-bond acceptors (Lipinski definition) is 2. The zero-order chi connectivity index (χ0) is 10.1. The highest BCUT2D eigenvalue weighted by Crippen LogP contribution is 1.93. The van der Waals surface area contributed by atoms with Crippen molar-refractivity contribution in [3.8, 4) is 0 Å². The van der Waals surface area contributed by atoms with Crippen molar-refractivity contribution in [1.82, 2.24) is 5.32 Å². The number of carbonyl (C=O) groups is 1. The third-order valence-electron chi connectivity index (χ3n) is 1.73. The second-order valence-electron chi connectivity index (χ2n) is 2.87. The van der Waals surface area contributed by atoms with Crippen molar-refractivity contribution < 1.29 is 4.79 Å². The summed E-state index contributed by atoms with van der Waals surface area (Å²) in [7, 11) is 0. The molecule has 0 spiro atoms. The molecular weight excluding hydrogens is 176 g/mol. The second kappa shape index (κ2) is 6.83. The second-order valence-corrected chi connectivity index (χ2v) is 2.87. The molecule has 0 bridgehead atoms. The summed E-state index contributed by atoms with van der Waals surface area (Å²) < 4.78 is 0. The molecule has 0 aliphatic rings. The van der Waals surface area contributed by atoms with Gasteiger partial charge in [-0.2, -0.15) is 0 Å². The summed E-state index contributed by atoms with van der Waals surface area (Å²) in [6.45, 7) is 1.44. The highest BCUT2D eigenvalue weighted by atomic mass is 16.1. The van der Waals surface area contributed by atoms with Crippen LogP contribution in [0.25, 0.3) is 0 Å². The van der Waals surface area contributed by atoms with Crippen LogP contribution in [0.1, 0.15) is 12.0 Å². The van der Waals surface area contributed by atoms with Gasteiger partial charge >= 0.3 is 0 Å². The van der Waals surface area contributed by atoms with E-state index in [1.54, 1.807) is 0 Å². The molecule has 1 rings (SSSR count). The Morgan fingerprint density at radius 1 is 1.29 bits per heavy atom. The van der Waals surface area contributed by atoms with Gasteiger partial charge in [-0.3, -0.25) is 9.79 Å². The minimum absolute atomic E-state index is 0.690. The van der Waals surface area contributed by atoms with Gasteiger partial charge in [-0.25, -0.2) is 0 Å². The number of aliphatic imine (C=N–C) groups is 1. The summed E-state index contributed by atoms with van der Waals surface area (Å²) in [5.41, 5.74) is 1.11. The summed E-state index contributed by atoms with van der Waals surface area (Å²) in [6.07, 6.45) is 3.43. The lowest BCUT2D eigenvalue weighted by atomic mass is 10.2. The molecule has 0 aliphatic heterocycles. The Morgan fingerprint density at radius 2 is 2.07 bits per heavy atom. The first kappa shape index (κ1) is 10.4. The monoisotopic (exact) mass is 190 g/mol. The Labute approximate surface area is 83.9 Å². The average molecular weight is 190 g/mol. The number of rotatable bonds is 6. The van der Waals surface area contributed by atoms with Gasteiger partial charge in [0.05, 0.1) is 0 Å². The van der Waals surface area contributed by atoms with Crippen molar-refractivity contribution in [1.29, 1.82) is 0 Å². The number of hydrogen-bond donors (Lipinski definition) is 1. The van der Waals surface area contributed by atoms with Crippen LogP contribution in [-0.4, -0.2) is 25.7 Å². The maximum Gasteiger partial charge on any atom is 0.207 e. The SMILES string of the molecule is O=CNCCCN=Cc1ccccc1. The fourth-order valence-electron chi connectivity index (χ4n) is 1.04. The fraction of sp³-hybridized carbons (Fsp3) is 0.273. The topological polar surface area (TPSA) is 41.5 Å². The summed E-state index contributed by atoms with van der Waals surface area (Å²) >= 11 is 0. The van der Waals surface area contributed by atoms with Crippen molar-refractivity contribution in [2.75, 3.05) is 13.1 Å². The molecule has 0 atom stereocenters. The molecule has 3 heteroatoms. The van der Waals surface area contributed by atoms with Crippen LogP contribution >= 0.6 is 0 Å². The Kier molecular flexibility index (Phi) is 5.09. The summed E-state index contributed by atoms with van der Waals surface area (Å²) in [5.74, 6) is 0. The molecule has 0 heterocycles. The highest BCUT2D eigenvalue weighted by molar-refractivity contribution is 5.79. The van der Waals surface area contributed by atoms with E-state index in [4.69, 9.17) is 0 Å². The molecule has 74 valence electrons. The zero-order valence-corrected chi connectivity index (χ0v) is 8.02. The fourth-order valence-corrected chi connectivity index (χ4v) is 1.04. The molecule has 1 N–H and O–H groups in total. The smallest absolute Gasteiger partial charge is 0.207 e. The highest BCUT2D eigenvalue weighted by Gasteiger charge is 1.84. The van der Waals surface area contributed by atoms with Crippen molar-refractivity contribution in [3.63, 3.8) is 0 Å². The van der Waals surface area contributed by atoms with Crippen LogP contribution in [0.2, 0.25) is 0 Å². The van der Waals surface area contributed by atoms with E-state index >= 15 is 0 Å². The third kappa shape index (κ3) is 4.40. The van der Waals surface area contributed by atoms with Crippen LogP contribution < -0.4 is 5.32 Å². The number of carbonyl (C=O) groups excluding carboxylic acids is 1. The molecule has 0 saturated heterocycles. The van der Waals surface area contributed by atoms with E-state index in [9.17, 15) is 4.79 Å². The Bertz CT molecular complexity index is 283.